The van der Waals surface area contributed by atoms with Crippen molar-refractivity contribution in [2.24, 2.45) is 0 Å². The van der Waals surface area contributed by atoms with Gasteiger partial charge in [-0.05, 0) is 30.2 Å². The van der Waals surface area contributed by atoms with Crippen molar-refractivity contribution in [2.75, 3.05) is 5.73 Å². The standard InChI is InChI=1S/C10H9ClN2O/c1-6-2-7(4-8(11)3-6)9-5-13-14-10(9)12/h2-5H,12H2,1H3. The van der Waals surface area contributed by atoms with Crippen LogP contribution in [-0.2, 0) is 0 Å². The highest BCUT2D eigenvalue weighted by atomic mass is 35.5. The van der Waals surface area contributed by atoms with Crippen LogP contribution in [0.3, 0.4) is 0 Å². The van der Waals surface area contributed by atoms with Gasteiger partial charge in [0.05, 0.1) is 11.8 Å². The molecule has 1 heterocycles. The molecular weight excluding hydrogens is 200 g/mol. The number of nitrogens with zero attached hydrogens (tertiary/aromatic N) is 1. The van der Waals surface area contributed by atoms with Crippen LogP contribution in [0.2, 0.25) is 5.02 Å². The van der Waals surface area contributed by atoms with E-state index in [0.717, 1.165) is 16.7 Å². The smallest absolute Gasteiger partial charge is 0.229 e. The van der Waals surface area contributed by atoms with Crippen LogP contribution in [0.5, 0.6) is 0 Å². The molecule has 0 unspecified atom stereocenters. The summed E-state index contributed by atoms with van der Waals surface area (Å²) in [5.74, 6) is 0.312. The number of halogens is 1. The molecule has 0 aliphatic rings. The number of rotatable bonds is 1. The molecule has 2 N–H and O–H groups in total. The highest BCUT2D eigenvalue weighted by Crippen LogP contribution is 2.28. The number of nitrogens with two attached hydrogens (primary N) is 1. The predicted molar refractivity (Wildman–Crippen MR) is 56.1 cm³/mol. The molecule has 0 radical (unpaired) electrons. The largest absolute Gasteiger partial charge is 0.367 e. The van der Waals surface area contributed by atoms with Crippen molar-refractivity contribution >= 4 is 17.5 Å². The molecule has 0 aliphatic carbocycles. The first-order chi connectivity index (χ1) is 6.66. The third-order valence-corrected chi connectivity index (χ3v) is 2.17. The molecule has 0 aliphatic heterocycles. The van der Waals surface area contributed by atoms with Gasteiger partial charge < -0.3 is 10.3 Å². The first kappa shape index (κ1) is 9.09. The fourth-order valence-electron chi connectivity index (χ4n) is 1.36. The molecule has 2 aromatic rings. The van der Waals surface area contributed by atoms with E-state index in [1.54, 1.807) is 6.20 Å². The molecule has 0 saturated carbocycles. The van der Waals surface area contributed by atoms with E-state index in [1.807, 2.05) is 25.1 Å². The van der Waals surface area contributed by atoms with E-state index < -0.39 is 0 Å². The van der Waals surface area contributed by atoms with Crippen LogP contribution in [0.4, 0.5) is 5.88 Å². The van der Waals surface area contributed by atoms with Gasteiger partial charge >= 0.3 is 0 Å². The average Bonchev–Trinajstić information content (AvgIpc) is 2.49. The Morgan fingerprint density at radius 1 is 1.36 bits per heavy atom. The minimum absolute atomic E-state index is 0.312. The maximum Gasteiger partial charge on any atom is 0.229 e. The predicted octanol–water partition coefficient (Wildman–Crippen LogP) is 2.89. The monoisotopic (exact) mass is 208 g/mol. The second-order valence-electron chi connectivity index (χ2n) is 3.12. The summed E-state index contributed by atoms with van der Waals surface area (Å²) in [6.45, 7) is 1.97. The zero-order valence-electron chi connectivity index (χ0n) is 7.62. The lowest BCUT2D eigenvalue weighted by atomic mass is 10.1. The molecule has 0 spiro atoms. The number of hydrogen-bond acceptors (Lipinski definition) is 3. The summed E-state index contributed by atoms with van der Waals surface area (Å²) in [4.78, 5) is 0. The minimum Gasteiger partial charge on any atom is -0.367 e. The fraction of sp³-hybridized carbons (Fsp3) is 0.100. The quantitative estimate of drug-likeness (QED) is 0.784. The van der Waals surface area contributed by atoms with Crippen molar-refractivity contribution in [1.29, 1.82) is 0 Å². The van der Waals surface area contributed by atoms with Crippen molar-refractivity contribution in [2.45, 2.75) is 6.92 Å². The van der Waals surface area contributed by atoms with Gasteiger partial charge in [-0.2, -0.15) is 0 Å². The van der Waals surface area contributed by atoms with Gasteiger partial charge in [-0.3, -0.25) is 0 Å². The zero-order chi connectivity index (χ0) is 10.1. The maximum absolute atomic E-state index is 5.93. The molecule has 0 amide bonds. The SMILES string of the molecule is Cc1cc(Cl)cc(-c2cnoc2N)c1. The van der Waals surface area contributed by atoms with Crippen LogP contribution in [-0.4, -0.2) is 5.16 Å². The number of nitrogen functional groups attached to an aromatic ring is 1. The molecule has 2 rings (SSSR count). The molecule has 14 heavy (non-hydrogen) atoms. The Hall–Kier alpha value is -1.48. The minimum atomic E-state index is 0.312. The molecule has 0 fully saturated rings. The lowest BCUT2D eigenvalue weighted by Gasteiger charge is -2.01. The Kier molecular flexibility index (Phi) is 2.17. The number of anilines is 1. The third kappa shape index (κ3) is 1.59. The zero-order valence-corrected chi connectivity index (χ0v) is 8.38. The van der Waals surface area contributed by atoms with Gasteiger partial charge in [0.25, 0.3) is 0 Å². The van der Waals surface area contributed by atoms with Gasteiger partial charge in [-0.1, -0.05) is 22.8 Å². The number of aryl methyl sites for hydroxylation is 1. The number of benzene rings is 1. The molecule has 0 atom stereocenters. The lowest BCUT2D eigenvalue weighted by molar-refractivity contribution is 0.436. The number of hydrogen-bond donors (Lipinski definition) is 1. The molecule has 4 heteroatoms. The normalized spacial score (nSPS) is 10.4. The van der Waals surface area contributed by atoms with Crippen LogP contribution in [0.1, 0.15) is 5.56 Å². The van der Waals surface area contributed by atoms with Crippen molar-refractivity contribution in [3.05, 3.63) is 35.0 Å². The fourth-order valence-corrected chi connectivity index (χ4v) is 1.65. The van der Waals surface area contributed by atoms with Crippen molar-refractivity contribution in [3.63, 3.8) is 0 Å². The van der Waals surface area contributed by atoms with E-state index in [1.165, 1.54) is 0 Å². The summed E-state index contributed by atoms with van der Waals surface area (Å²) in [7, 11) is 0. The van der Waals surface area contributed by atoms with Crippen molar-refractivity contribution < 1.29 is 4.52 Å². The number of aromatic nitrogens is 1. The molecule has 1 aromatic carbocycles. The highest BCUT2D eigenvalue weighted by Gasteiger charge is 2.07. The molecule has 0 saturated heterocycles. The summed E-state index contributed by atoms with van der Waals surface area (Å²) in [5, 5.41) is 4.30. The Bertz CT molecular complexity index is 445. The third-order valence-electron chi connectivity index (χ3n) is 1.95. The van der Waals surface area contributed by atoms with E-state index in [0.29, 0.717) is 10.9 Å². The first-order valence-corrected chi connectivity index (χ1v) is 4.52. The van der Waals surface area contributed by atoms with Gasteiger partial charge in [0, 0.05) is 5.02 Å². The van der Waals surface area contributed by atoms with Gasteiger partial charge in [0.1, 0.15) is 0 Å². The molecule has 0 bridgehead atoms. The van der Waals surface area contributed by atoms with Crippen LogP contribution in [0, 0.1) is 6.92 Å². The summed E-state index contributed by atoms with van der Waals surface area (Å²) >= 11 is 5.93. The summed E-state index contributed by atoms with van der Waals surface area (Å²) < 4.78 is 4.78. The molecule has 3 nitrogen and oxygen atoms in total. The van der Waals surface area contributed by atoms with Crippen molar-refractivity contribution in [1.82, 2.24) is 5.16 Å². The van der Waals surface area contributed by atoms with E-state index in [4.69, 9.17) is 21.9 Å². The van der Waals surface area contributed by atoms with Gasteiger partial charge in [-0.25, -0.2) is 0 Å². The average molecular weight is 209 g/mol. The van der Waals surface area contributed by atoms with Crippen LogP contribution in [0.15, 0.2) is 28.9 Å². The van der Waals surface area contributed by atoms with Crippen LogP contribution in [0.25, 0.3) is 11.1 Å². The lowest BCUT2D eigenvalue weighted by Crippen LogP contribution is -1.85. The Morgan fingerprint density at radius 3 is 2.71 bits per heavy atom. The molecular formula is C10H9ClN2O. The van der Waals surface area contributed by atoms with E-state index in [2.05, 4.69) is 5.16 Å². The van der Waals surface area contributed by atoms with Gasteiger partial charge in [0.15, 0.2) is 0 Å². The summed E-state index contributed by atoms with van der Waals surface area (Å²) in [5.41, 5.74) is 8.38. The molecule has 1 aromatic heterocycles. The Balaban J connectivity index is 2.57. The second-order valence-corrected chi connectivity index (χ2v) is 3.56. The second kappa shape index (κ2) is 3.35. The topological polar surface area (TPSA) is 52.0 Å². The summed E-state index contributed by atoms with van der Waals surface area (Å²) in [6.07, 6.45) is 1.58. The van der Waals surface area contributed by atoms with Crippen LogP contribution >= 0.6 is 11.6 Å². The highest BCUT2D eigenvalue weighted by molar-refractivity contribution is 6.31. The van der Waals surface area contributed by atoms with Crippen molar-refractivity contribution in [3.8, 4) is 11.1 Å². The first-order valence-electron chi connectivity index (χ1n) is 4.14. The van der Waals surface area contributed by atoms with Gasteiger partial charge in [0.2, 0.25) is 5.88 Å². The maximum atomic E-state index is 5.93. The summed E-state index contributed by atoms with van der Waals surface area (Å²) in [6, 6.07) is 5.70. The van der Waals surface area contributed by atoms with E-state index >= 15 is 0 Å². The Labute approximate surface area is 86.5 Å². The van der Waals surface area contributed by atoms with Gasteiger partial charge in [-0.15, -0.1) is 0 Å². The Morgan fingerprint density at radius 2 is 2.14 bits per heavy atom. The van der Waals surface area contributed by atoms with Crippen LogP contribution < -0.4 is 5.73 Å². The molecule has 72 valence electrons. The van der Waals surface area contributed by atoms with E-state index in [9.17, 15) is 0 Å². The van der Waals surface area contributed by atoms with E-state index in [-0.39, 0.29) is 0 Å².